The highest BCUT2D eigenvalue weighted by molar-refractivity contribution is 5.73. The third kappa shape index (κ3) is 1.88. The van der Waals surface area contributed by atoms with Gasteiger partial charge in [-0.2, -0.15) is 0 Å². The van der Waals surface area contributed by atoms with Crippen LogP contribution in [0.5, 0.6) is 0 Å². The van der Waals surface area contributed by atoms with Crippen molar-refractivity contribution in [1.29, 1.82) is 0 Å². The second-order valence-electron chi connectivity index (χ2n) is 3.28. The van der Waals surface area contributed by atoms with Crippen LogP contribution in [0, 0.1) is 0 Å². The van der Waals surface area contributed by atoms with Crippen molar-refractivity contribution in [1.82, 2.24) is 0 Å². The summed E-state index contributed by atoms with van der Waals surface area (Å²) in [6.07, 6.45) is -5.38. The number of methoxy groups -OCH3 is 1. The van der Waals surface area contributed by atoms with E-state index in [0.717, 1.165) is 0 Å². The number of aliphatic hydroxyl groups excluding tert-OH is 2. The molecule has 3 N–H and O–H groups in total. The summed E-state index contributed by atoms with van der Waals surface area (Å²) in [6.45, 7) is 1.58. The van der Waals surface area contributed by atoms with Gasteiger partial charge in [0.2, 0.25) is 0 Å². The zero-order valence-corrected chi connectivity index (χ0v) is 7.95. The maximum absolute atomic E-state index is 10.6. The highest BCUT2D eigenvalue weighted by Gasteiger charge is 2.45. The molecule has 0 bridgehead atoms. The molecule has 0 spiro atoms. The summed E-state index contributed by atoms with van der Waals surface area (Å²) in [5, 5.41) is 27.6. The molecular formula is C8H14O6. The predicted molar refractivity (Wildman–Crippen MR) is 44.8 cm³/mol. The van der Waals surface area contributed by atoms with Crippen LogP contribution in [-0.2, 0) is 14.3 Å². The summed E-state index contributed by atoms with van der Waals surface area (Å²) in [5.74, 6) is -1.29. The average Bonchev–Trinajstić information content (AvgIpc) is 2.12. The maximum atomic E-state index is 10.6. The Hall–Kier alpha value is -0.690. The summed E-state index contributed by atoms with van der Waals surface area (Å²) in [5.41, 5.74) is 0. The summed E-state index contributed by atoms with van der Waals surface area (Å²) in [4.78, 5) is 10.6. The highest BCUT2D eigenvalue weighted by atomic mass is 16.6. The fourth-order valence-electron chi connectivity index (χ4n) is 1.58. The van der Waals surface area contributed by atoms with E-state index < -0.39 is 36.5 Å². The molecule has 1 saturated heterocycles. The Labute approximate surface area is 81.1 Å². The Balaban J connectivity index is 2.77. The van der Waals surface area contributed by atoms with Crippen molar-refractivity contribution in [2.75, 3.05) is 7.11 Å². The van der Waals surface area contributed by atoms with Crippen molar-refractivity contribution in [3.05, 3.63) is 0 Å². The largest absolute Gasteiger partial charge is 0.479 e. The molecule has 1 aliphatic heterocycles. The second-order valence-corrected chi connectivity index (χ2v) is 3.28. The van der Waals surface area contributed by atoms with Gasteiger partial charge in [0.1, 0.15) is 18.3 Å². The normalized spacial score (nSPS) is 43.6. The lowest BCUT2D eigenvalue weighted by Gasteiger charge is -2.39. The highest BCUT2D eigenvalue weighted by Crippen LogP contribution is 2.22. The van der Waals surface area contributed by atoms with Crippen molar-refractivity contribution in [2.45, 2.75) is 37.4 Å². The quantitative estimate of drug-likeness (QED) is 0.514. The van der Waals surface area contributed by atoms with Gasteiger partial charge in [0, 0.05) is 7.11 Å². The second kappa shape index (κ2) is 4.22. The van der Waals surface area contributed by atoms with Crippen LogP contribution in [0.3, 0.4) is 0 Å². The molecule has 14 heavy (non-hydrogen) atoms. The first-order chi connectivity index (χ1) is 6.49. The molecule has 0 unspecified atom stereocenters. The SMILES string of the molecule is CO[C@H]1[C@H](O)[C@@H](O)[C@H](C(=O)O)O[C@@H]1C. The lowest BCUT2D eigenvalue weighted by molar-refractivity contribution is -0.229. The molecule has 82 valence electrons. The lowest BCUT2D eigenvalue weighted by atomic mass is 9.95. The average molecular weight is 206 g/mol. The zero-order valence-electron chi connectivity index (χ0n) is 7.95. The number of aliphatic carboxylic acids is 1. The minimum Gasteiger partial charge on any atom is -0.479 e. The summed E-state index contributed by atoms with van der Waals surface area (Å²) in [6, 6.07) is 0. The molecule has 0 saturated carbocycles. The molecule has 1 rings (SSSR count). The van der Waals surface area contributed by atoms with E-state index in [2.05, 4.69) is 0 Å². The fraction of sp³-hybridized carbons (Fsp3) is 0.875. The smallest absolute Gasteiger partial charge is 0.335 e. The molecule has 0 aromatic rings. The van der Waals surface area contributed by atoms with Gasteiger partial charge in [0.25, 0.3) is 0 Å². The Bertz CT molecular complexity index is 218. The van der Waals surface area contributed by atoms with Crippen molar-refractivity contribution < 1.29 is 29.6 Å². The van der Waals surface area contributed by atoms with Crippen molar-refractivity contribution in [3.8, 4) is 0 Å². The Morgan fingerprint density at radius 1 is 1.36 bits per heavy atom. The molecule has 0 amide bonds. The van der Waals surface area contributed by atoms with Gasteiger partial charge >= 0.3 is 5.97 Å². The minimum atomic E-state index is -1.46. The van der Waals surface area contributed by atoms with Crippen LogP contribution >= 0.6 is 0 Å². The number of hydrogen-bond donors (Lipinski definition) is 3. The molecule has 1 heterocycles. The molecule has 1 fully saturated rings. The topological polar surface area (TPSA) is 96.2 Å². The summed E-state index contributed by atoms with van der Waals surface area (Å²) < 4.78 is 9.89. The third-order valence-corrected chi connectivity index (χ3v) is 2.34. The van der Waals surface area contributed by atoms with Gasteiger partial charge in [-0.3, -0.25) is 0 Å². The van der Waals surface area contributed by atoms with Gasteiger partial charge in [-0.1, -0.05) is 0 Å². The van der Waals surface area contributed by atoms with Gasteiger partial charge in [-0.25, -0.2) is 4.79 Å². The summed E-state index contributed by atoms with van der Waals surface area (Å²) >= 11 is 0. The number of carboxylic acids is 1. The molecule has 0 aromatic heterocycles. The first-order valence-corrected chi connectivity index (χ1v) is 4.26. The molecule has 1 aliphatic rings. The molecule has 5 atom stereocenters. The van der Waals surface area contributed by atoms with Crippen LogP contribution in [0.15, 0.2) is 0 Å². The Kier molecular flexibility index (Phi) is 3.43. The van der Waals surface area contributed by atoms with Crippen molar-refractivity contribution in [2.24, 2.45) is 0 Å². The van der Waals surface area contributed by atoms with E-state index in [-0.39, 0.29) is 0 Å². The number of ether oxygens (including phenoxy) is 2. The Morgan fingerprint density at radius 3 is 2.36 bits per heavy atom. The van der Waals surface area contributed by atoms with E-state index in [0.29, 0.717) is 0 Å². The molecule has 6 nitrogen and oxygen atoms in total. The van der Waals surface area contributed by atoms with E-state index in [1.807, 2.05) is 0 Å². The number of rotatable bonds is 2. The van der Waals surface area contributed by atoms with E-state index in [1.165, 1.54) is 7.11 Å². The van der Waals surface area contributed by atoms with E-state index in [4.69, 9.17) is 14.6 Å². The van der Waals surface area contributed by atoms with Crippen LogP contribution in [0.4, 0.5) is 0 Å². The number of carbonyl (C=O) groups is 1. The molecular weight excluding hydrogens is 192 g/mol. The van der Waals surface area contributed by atoms with Gasteiger partial charge in [-0.05, 0) is 6.92 Å². The van der Waals surface area contributed by atoms with Gasteiger partial charge in [0.15, 0.2) is 6.10 Å². The molecule has 0 aliphatic carbocycles. The molecule has 6 heteroatoms. The lowest BCUT2D eigenvalue weighted by Crippen LogP contribution is -2.59. The van der Waals surface area contributed by atoms with Crippen LogP contribution in [0.2, 0.25) is 0 Å². The van der Waals surface area contributed by atoms with Crippen LogP contribution in [0.25, 0.3) is 0 Å². The minimum absolute atomic E-state index is 0.570. The number of hydrogen-bond acceptors (Lipinski definition) is 5. The fourth-order valence-corrected chi connectivity index (χ4v) is 1.58. The van der Waals surface area contributed by atoms with E-state index >= 15 is 0 Å². The maximum Gasteiger partial charge on any atom is 0.335 e. The monoisotopic (exact) mass is 206 g/mol. The van der Waals surface area contributed by atoms with Gasteiger partial charge in [0.05, 0.1) is 6.10 Å². The number of aliphatic hydroxyl groups is 2. The van der Waals surface area contributed by atoms with Gasteiger partial charge < -0.3 is 24.8 Å². The first kappa shape index (κ1) is 11.4. The third-order valence-electron chi connectivity index (χ3n) is 2.34. The standard InChI is InChI=1S/C8H14O6/c1-3-6(13-2)4(9)5(10)7(14-3)8(11)12/h3-7,9-10H,1-2H3,(H,11,12)/t3-,4-,5-,6-,7-/m1/s1. The van der Waals surface area contributed by atoms with Gasteiger partial charge in [-0.15, -0.1) is 0 Å². The van der Waals surface area contributed by atoms with E-state index in [1.54, 1.807) is 6.92 Å². The van der Waals surface area contributed by atoms with Crippen molar-refractivity contribution in [3.63, 3.8) is 0 Å². The van der Waals surface area contributed by atoms with Crippen LogP contribution in [0.1, 0.15) is 6.92 Å². The zero-order chi connectivity index (χ0) is 10.9. The van der Waals surface area contributed by atoms with Crippen molar-refractivity contribution >= 4 is 5.97 Å². The van der Waals surface area contributed by atoms with Crippen LogP contribution < -0.4 is 0 Å². The van der Waals surface area contributed by atoms with E-state index in [9.17, 15) is 15.0 Å². The van der Waals surface area contributed by atoms with Crippen LogP contribution in [-0.4, -0.2) is 58.9 Å². The predicted octanol–water partition coefficient (Wildman–Crippen LogP) is -1.40. The Morgan fingerprint density at radius 2 is 1.93 bits per heavy atom. The number of carboxylic acid groups (broad SMARTS) is 1. The summed E-state index contributed by atoms with van der Waals surface area (Å²) in [7, 11) is 1.36. The first-order valence-electron chi connectivity index (χ1n) is 4.26. The molecule has 0 aromatic carbocycles. The molecule has 0 radical (unpaired) electrons.